The summed E-state index contributed by atoms with van der Waals surface area (Å²) < 4.78 is 10.0. The van der Waals surface area contributed by atoms with Crippen molar-refractivity contribution in [2.24, 2.45) is 0 Å². The van der Waals surface area contributed by atoms with Crippen LogP contribution in [0.4, 0.5) is 0 Å². The van der Waals surface area contributed by atoms with Crippen molar-refractivity contribution in [2.45, 2.75) is 22.9 Å². The van der Waals surface area contributed by atoms with E-state index in [1.807, 2.05) is 6.92 Å². The molecule has 1 N–H and O–H groups in total. The fourth-order valence-electron chi connectivity index (χ4n) is 0.962. The average Bonchev–Trinajstić information content (AvgIpc) is 2.17. The second-order valence-corrected chi connectivity index (χ2v) is 6.11. The Kier molecular flexibility index (Phi) is 3.52. The van der Waals surface area contributed by atoms with Gasteiger partial charge in [-0.2, -0.15) is 0 Å². The van der Waals surface area contributed by atoms with Gasteiger partial charge in [0.2, 0.25) is 4.21 Å². The molecule has 0 heterocycles. The van der Waals surface area contributed by atoms with E-state index in [4.69, 9.17) is 16.7 Å². The first-order chi connectivity index (χ1) is 6.85. The highest BCUT2D eigenvalue weighted by atomic mass is 35.5. The zero-order valence-corrected chi connectivity index (χ0v) is 9.93. The van der Waals surface area contributed by atoms with Crippen molar-refractivity contribution in [3.63, 3.8) is 0 Å². The molecule has 1 aromatic carbocycles. The average molecular weight is 247 g/mol. The van der Waals surface area contributed by atoms with Crippen LogP contribution in [-0.2, 0) is 15.6 Å². The number of aryl methyl sites for hydroxylation is 1. The number of carbonyl (C=O) groups is 1. The van der Waals surface area contributed by atoms with Crippen molar-refractivity contribution in [1.29, 1.82) is 0 Å². The van der Waals surface area contributed by atoms with Crippen molar-refractivity contribution >= 4 is 28.4 Å². The van der Waals surface area contributed by atoms with Crippen LogP contribution in [0.1, 0.15) is 12.5 Å². The van der Waals surface area contributed by atoms with E-state index in [1.54, 1.807) is 24.3 Å². The summed E-state index contributed by atoms with van der Waals surface area (Å²) in [5, 5.41) is 8.80. The number of rotatable bonds is 3. The molecule has 3 nitrogen and oxygen atoms in total. The van der Waals surface area contributed by atoms with E-state index in [0.717, 1.165) is 5.56 Å². The molecule has 1 rings (SSSR count). The first kappa shape index (κ1) is 12.2. The van der Waals surface area contributed by atoms with Gasteiger partial charge in [-0.15, -0.1) is 0 Å². The first-order valence-corrected chi connectivity index (χ1v) is 5.79. The van der Waals surface area contributed by atoms with Crippen LogP contribution in [0.3, 0.4) is 0 Å². The lowest BCUT2D eigenvalue weighted by atomic mass is 10.2. The van der Waals surface area contributed by atoms with E-state index in [9.17, 15) is 9.00 Å². The zero-order valence-electron chi connectivity index (χ0n) is 8.36. The number of carboxylic acids is 1. The van der Waals surface area contributed by atoms with Crippen molar-refractivity contribution in [1.82, 2.24) is 0 Å². The lowest BCUT2D eigenvalue weighted by Gasteiger charge is -2.15. The maximum atomic E-state index is 11.8. The van der Waals surface area contributed by atoms with Crippen molar-refractivity contribution in [3.05, 3.63) is 29.8 Å². The monoisotopic (exact) mass is 246 g/mol. The molecule has 0 saturated heterocycles. The molecule has 1 aromatic rings. The second kappa shape index (κ2) is 4.33. The molecular weight excluding hydrogens is 236 g/mol. The molecule has 0 aliphatic carbocycles. The highest BCUT2D eigenvalue weighted by Gasteiger charge is 2.38. The Morgan fingerprint density at radius 1 is 1.40 bits per heavy atom. The third-order valence-corrected chi connectivity index (χ3v) is 4.12. The van der Waals surface area contributed by atoms with Gasteiger partial charge in [0.1, 0.15) is 0 Å². The van der Waals surface area contributed by atoms with E-state index in [1.165, 1.54) is 6.92 Å². The Hall–Kier alpha value is -0.870. The maximum Gasteiger partial charge on any atom is 0.337 e. The molecule has 2 atom stereocenters. The van der Waals surface area contributed by atoms with E-state index in [-0.39, 0.29) is 0 Å². The van der Waals surface area contributed by atoms with Crippen LogP contribution in [-0.4, -0.2) is 19.5 Å². The standard InChI is InChI=1S/C10H11ClO3S/c1-7-3-5-8(6-4-7)15(14)10(2,11)9(12)13/h3-6H,1-2H3,(H,12,13). The van der Waals surface area contributed by atoms with Gasteiger partial charge in [-0.05, 0) is 26.0 Å². The number of carboxylic acid groups (broad SMARTS) is 1. The molecule has 0 bridgehead atoms. The minimum Gasteiger partial charge on any atom is -0.479 e. The van der Waals surface area contributed by atoms with Gasteiger partial charge in [0.25, 0.3) is 0 Å². The third-order valence-electron chi connectivity index (χ3n) is 1.97. The van der Waals surface area contributed by atoms with Crippen LogP contribution in [0.15, 0.2) is 29.2 Å². The molecule has 2 unspecified atom stereocenters. The van der Waals surface area contributed by atoms with Gasteiger partial charge in [-0.25, -0.2) is 4.79 Å². The van der Waals surface area contributed by atoms with E-state index >= 15 is 0 Å². The van der Waals surface area contributed by atoms with Crippen molar-refractivity contribution in [3.8, 4) is 0 Å². The van der Waals surface area contributed by atoms with Gasteiger partial charge in [0, 0.05) is 4.90 Å². The van der Waals surface area contributed by atoms with Crippen LogP contribution in [0.2, 0.25) is 0 Å². The molecule has 0 spiro atoms. The van der Waals surface area contributed by atoms with Crippen LogP contribution in [0.5, 0.6) is 0 Å². The Morgan fingerprint density at radius 3 is 2.27 bits per heavy atom. The molecule has 0 amide bonds. The Bertz CT molecular complexity index is 398. The molecule has 0 aliphatic rings. The topological polar surface area (TPSA) is 54.4 Å². The largest absolute Gasteiger partial charge is 0.479 e. The summed E-state index contributed by atoms with van der Waals surface area (Å²) in [6.07, 6.45) is 0. The summed E-state index contributed by atoms with van der Waals surface area (Å²) in [5.41, 5.74) is 1.02. The van der Waals surface area contributed by atoms with Crippen LogP contribution in [0, 0.1) is 6.92 Å². The molecule has 5 heteroatoms. The highest BCUT2D eigenvalue weighted by molar-refractivity contribution is 7.88. The Morgan fingerprint density at radius 2 is 1.87 bits per heavy atom. The molecule has 0 saturated carbocycles. The van der Waals surface area contributed by atoms with E-state index in [0.29, 0.717) is 4.90 Å². The van der Waals surface area contributed by atoms with Gasteiger partial charge >= 0.3 is 5.97 Å². The number of hydrogen-bond acceptors (Lipinski definition) is 2. The number of halogens is 1. The van der Waals surface area contributed by atoms with E-state index in [2.05, 4.69) is 0 Å². The molecule has 0 radical (unpaired) electrons. The lowest BCUT2D eigenvalue weighted by molar-refractivity contribution is -0.137. The molecule has 0 aliphatic heterocycles. The predicted molar refractivity (Wildman–Crippen MR) is 59.5 cm³/mol. The highest BCUT2D eigenvalue weighted by Crippen LogP contribution is 2.25. The minimum atomic E-state index is -1.78. The summed E-state index contributed by atoms with van der Waals surface area (Å²) in [4.78, 5) is 11.2. The summed E-state index contributed by atoms with van der Waals surface area (Å²) in [6.45, 7) is 3.12. The van der Waals surface area contributed by atoms with Gasteiger partial charge in [0.15, 0.2) is 0 Å². The minimum absolute atomic E-state index is 0.417. The fourth-order valence-corrected chi connectivity index (χ4v) is 2.21. The number of benzene rings is 1. The Balaban J connectivity index is 3.05. The molecule has 0 aromatic heterocycles. The number of hydrogen-bond donors (Lipinski definition) is 1. The SMILES string of the molecule is Cc1ccc(S(=O)C(C)(Cl)C(=O)O)cc1. The van der Waals surface area contributed by atoms with Gasteiger partial charge in [-0.3, -0.25) is 4.21 Å². The number of alkyl halides is 1. The lowest BCUT2D eigenvalue weighted by Crippen LogP contribution is -2.33. The third kappa shape index (κ3) is 2.58. The maximum absolute atomic E-state index is 11.8. The number of aliphatic carboxylic acids is 1. The van der Waals surface area contributed by atoms with Crippen molar-refractivity contribution < 1.29 is 14.1 Å². The molecule has 82 valence electrons. The van der Waals surface area contributed by atoms with Gasteiger partial charge in [-0.1, -0.05) is 29.3 Å². The second-order valence-electron chi connectivity index (χ2n) is 3.30. The van der Waals surface area contributed by atoms with Crippen LogP contribution < -0.4 is 0 Å². The van der Waals surface area contributed by atoms with E-state index < -0.39 is 21.0 Å². The molecule has 15 heavy (non-hydrogen) atoms. The summed E-state index contributed by atoms with van der Waals surface area (Å²) >= 11 is 5.70. The quantitative estimate of drug-likeness (QED) is 0.832. The normalized spacial score (nSPS) is 16.7. The Labute approximate surface area is 95.5 Å². The summed E-state index contributed by atoms with van der Waals surface area (Å²) in [6, 6.07) is 6.77. The van der Waals surface area contributed by atoms with Gasteiger partial charge in [0.05, 0.1) is 10.8 Å². The van der Waals surface area contributed by atoms with Crippen LogP contribution in [0.25, 0.3) is 0 Å². The molecular formula is C10H11ClO3S. The van der Waals surface area contributed by atoms with Crippen LogP contribution >= 0.6 is 11.6 Å². The summed E-state index contributed by atoms with van der Waals surface area (Å²) in [7, 11) is -1.77. The first-order valence-electron chi connectivity index (χ1n) is 4.26. The van der Waals surface area contributed by atoms with Crippen molar-refractivity contribution in [2.75, 3.05) is 0 Å². The summed E-state index contributed by atoms with van der Waals surface area (Å²) in [5.74, 6) is -1.29. The van der Waals surface area contributed by atoms with Gasteiger partial charge < -0.3 is 5.11 Å². The fraction of sp³-hybridized carbons (Fsp3) is 0.300. The smallest absolute Gasteiger partial charge is 0.337 e. The zero-order chi connectivity index (χ0) is 11.6. The predicted octanol–water partition coefficient (Wildman–Crippen LogP) is 2.14. The molecule has 0 fully saturated rings.